The van der Waals surface area contributed by atoms with Crippen LogP contribution in [0, 0.1) is 6.92 Å². The van der Waals surface area contributed by atoms with Crippen LogP contribution < -0.4 is 10.3 Å². The molecule has 0 spiro atoms. The van der Waals surface area contributed by atoms with Gasteiger partial charge in [-0.25, -0.2) is 0 Å². The zero-order valence-corrected chi connectivity index (χ0v) is 11.8. The van der Waals surface area contributed by atoms with Crippen LogP contribution in [0.1, 0.15) is 16.3 Å². The van der Waals surface area contributed by atoms with Gasteiger partial charge >= 0.3 is 0 Å². The molecule has 1 aromatic carbocycles. The number of aryl methyl sites for hydroxylation is 1. The topological polar surface area (TPSA) is 69.4 Å². The minimum atomic E-state index is -0.216. The van der Waals surface area contributed by atoms with Crippen molar-refractivity contribution in [1.82, 2.24) is 19.8 Å². The molecule has 0 unspecified atom stereocenters. The van der Waals surface area contributed by atoms with Gasteiger partial charge in [-0.05, 0) is 24.6 Å². The van der Waals surface area contributed by atoms with Gasteiger partial charge in [0.1, 0.15) is 16.5 Å². The number of benzene rings is 1. The highest BCUT2D eigenvalue weighted by molar-refractivity contribution is 7.16. The molecule has 7 heteroatoms. The second-order valence-corrected chi connectivity index (χ2v) is 5.35. The summed E-state index contributed by atoms with van der Waals surface area (Å²) < 4.78 is 6.43. The van der Waals surface area contributed by atoms with Crippen molar-refractivity contribution in [2.24, 2.45) is 0 Å². The molecule has 0 atom stereocenters. The SMILES string of the molecule is COc1ccc(Cc2nn3c(=O)c(C)nnc3s2)cc1. The van der Waals surface area contributed by atoms with Gasteiger partial charge in [0.2, 0.25) is 4.96 Å². The Kier molecular flexibility index (Phi) is 3.19. The molecule has 2 aromatic heterocycles. The first-order valence-corrected chi connectivity index (χ1v) is 6.84. The van der Waals surface area contributed by atoms with Crippen LogP contribution in [0.4, 0.5) is 0 Å². The Balaban J connectivity index is 1.94. The van der Waals surface area contributed by atoms with Crippen LogP contribution in [0.2, 0.25) is 0 Å². The van der Waals surface area contributed by atoms with Crippen molar-refractivity contribution in [2.45, 2.75) is 13.3 Å². The van der Waals surface area contributed by atoms with Gasteiger partial charge < -0.3 is 4.74 Å². The fourth-order valence-corrected chi connectivity index (χ4v) is 2.69. The Morgan fingerprint density at radius 2 is 2.00 bits per heavy atom. The Morgan fingerprint density at radius 3 is 2.70 bits per heavy atom. The molecule has 0 radical (unpaired) electrons. The van der Waals surface area contributed by atoms with Crippen LogP contribution >= 0.6 is 11.3 Å². The second-order valence-electron chi connectivity index (χ2n) is 4.31. The zero-order valence-electron chi connectivity index (χ0n) is 11.0. The standard InChI is InChI=1S/C13H12N4O2S/c1-8-12(18)17-13(15-14-8)20-11(16-17)7-9-3-5-10(19-2)6-4-9/h3-6H,7H2,1-2H3. The van der Waals surface area contributed by atoms with E-state index in [1.807, 2.05) is 24.3 Å². The van der Waals surface area contributed by atoms with Crippen LogP contribution in [-0.4, -0.2) is 26.9 Å². The van der Waals surface area contributed by atoms with E-state index in [0.29, 0.717) is 17.1 Å². The molecule has 20 heavy (non-hydrogen) atoms. The molecule has 102 valence electrons. The number of fused-ring (bicyclic) bond motifs is 1. The number of nitrogens with zero attached hydrogens (tertiary/aromatic N) is 4. The second kappa shape index (κ2) is 5.01. The summed E-state index contributed by atoms with van der Waals surface area (Å²) in [6.07, 6.45) is 0.649. The average Bonchev–Trinajstić information content (AvgIpc) is 2.87. The van der Waals surface area contributed by atoms with E-state index in [0.717, 1.165) is 16.3 Å². The van der Waals surface area contributed by atoms with Crippen LogP contribution in [0.3, 0.4) is 0 Å². The van der Waals surface area contributed by atoms with E-state index >= 15 is 0 Å². The predicted molar refractivity (Wildman–Crippen MR) is 75.5 cm³/mol. The summed E-state index contributed by atoms with van der Waals surface area (Å²) in [7, 11) is 1.63. The number of aromatic nitrogens is 4. The lowest BCUT2D eigenvalue weighted by Crippen LogP contribution is -2.19. The number of hydrogen-bond donors (Lipinski definition) is 0. The van der Waals surface area contributed by atoms with Crippen LogP contribution in [-0.2, 0) is 6.42 Å². The van der Waals surface area contributed by atoms with Crippen molar-refractivity contribution in [3.63, 3.8) is 0 Å². The Bertz CT molecular complexity index is 807. The molecule has 3 rings (SSSR count). The van der Waals surface area contributed by atoms with E-state index in [9.17, 15) is 4.79 Å². The number of rotatable bonds is 3. The molecule has 0 N–H and O–H groups in total. The van der Waals surface area contributed by atoms with Gasteiger partial charge in [-0.2, -0.15) is 9.61 Å². The van der Waals surface area contributed by atoms with Crippen molar-refractivity contribution in [3.8, 4) is 5.75 Å². The first kappa shape index (κ1) is 12.7. The molecule has 3 aromatic rings. The van der Waals surface area contributed by atoms with E-state index in [2.05, 4.69) is 15.3 Å². The van der Waals surface area contributed by atoms with E-state index in [1.54, 1.807) is 14.0 Å². The fourth-order valence-electron chi connectivity index (χ4n) is 1.82. The van der Waals surface area contributed by atoms with Gasteiger partial charge in [0, 0.05) is 6.42 Å². The van der Waals surface area contributed by atoms with Crippen molar-refractivity contribution in [3.05, 3.63) is 50.9 Å². The van der Waals surface area contributed by atoms with Crippen molar-refractivity contribution in [1.29, 1.82) is 0 Å². The lowest BCUT2D eigenvalue weighted by atomic mass is 10.1. The summed E-state index contributed by atoms with van der Waals surface area (Å²) in [6.45, 7) is 1.63. The molecule has 0 aliphatic rings. The van der Waals surface area contributed by atoms with E-state index in [4.69, 9.17) is 4.74 Å². The van der Waals surface area contributed by atoms with Crippen LogP contribution in [0.15, 0.2) is 29.1 Å². The van der Waals surface area contributed by atoms with Gasteiger partial charge in [0.05, 0.1) is 7.11 Å². The van der Waals surface area contributed by atoms with E-state index in [-0.39, 0.29) is 5.56 Å². The lowest BCUT2D eigenvalue weighted by Gasteiger charge is -2.00. The predicted octanol–water partition coefficient (Wildman–Crippen LogP) is 1.45. The van der Waals surface area contributed by atoms with Gasteiger partial charge in [-0.15, -0.1) is 10.2 Å². The minimum absolute atomic E-state index is 0.216. The maximum absolute atomic E-state index is 11.9. The zero-order chi connectivity index (χ0) is 14.1. The first-order valence-electron chi connectivity index (χ1n) is 6.02. The number of hydrogen-bond acceptors (Lipinski definition) is 6. The molecule has 0 saturated carbocycles. The summed E-state index contributed by atoms with van der Waals surface area (Å²) >= 11 is 1.37. The van der Waals surface area contributed by atoms with Crippen molar-refractivity contribution < 1.29 is 4.74 Å². The maximum Gasteiger partial charge on any atom is 0.296 e. The summed E-state index contributed by atoms with van der Waals surface area (Å²) in [5.74, 6) is 0.816. The van der Waals surface area contributed by atoms with Crippen molar-refractivity contribution >= 4 is 16.3 Å². The Labute approximate surface area is 118 Å². The highest BCUT2D eigenvalue weighted by Gasteiger charge is 2.09. The molecule has 6 nitrogen and oxygen atoms in total. The van der Waals surface area contributed by atoms with Gasteiger partial charge in [-0.3, -0.25) is 4.79 Å². The summed E-state index contributed by atoms with van der Waals surface area (Å²) in [5, 5.41) is 12.9. The molecule has 0 bridgehead atoms. The Morgan fingerprint density at radius 1 is 1.25 bits per heavy atom. The Hall–Kier alpha value is -2.28. The fraction of sp³-hybridized carbons (Fsp3) is 0.231. The summed E-state index contributed by atoms with van der Waals surface area (Å²) in [4.78, 5) is 12.4. The molecule has 0 saturated heterocycles. The maximum atomic E-state index is 11.9. The molecule has 2 heterocycles. The van der Waals surface area contributed by atoms with Gasteiger partial charge in [-0.1, -0.05) is 23.5 Å². The highest BCUT2D eigenvalue weighted by Crippen LogP contribution is 2.17. The van der Waals surface area contributed by atoms with Crippen molar-refractivity contribution in [2.75, 3.05) is 7.11 Å². The first-order chi connectivity index (χ1) is 9.67. The normalized spacial score (nSPS) is 10.9. The van der Waals surface area contributed by atoms with Gasteiger partial charge in [0.25, 0.3) is 5.56 Å². The molecule has 0 fully saturated rings. The third kappa shape index (κ3) is 2.27. The number of ether oxygens (including phenoxy) is 1. The third-order valence-electron chi connectivity index (χ3n) is 2.90. The monoisotopic (exact) mass is 288 g/mol. The van der Waals surface area contributed by atoms with E-state index < -0.39 is 0 Å². The largest absolute Gasteiger partial charge is 0.497 e. The molecule has 0 aliphatic heterocycles. The molecule has 0 amide bonds. The number of methoxy groups -OCH3 is 1. The summed E-state index contributed by atoms with van der Waals surface area (Å²) in [6, 6.07) is 7.76. The van der Waals surface area contributed by atoms with Crippen LogP contribution in [0.5, 0.6) is 5.75 Å². The highest BCUT2D eigenvalue weighted by atomic mass is 32.1. The van der Waals surface area contributed by atoms with Crippen LogP contribution in [0.25, 0.3) is 4.96 Å². The molecule has 0 aliphatic carbocycles. The smallest absolute Gasteiger partial charge is 0.296 e. The quantitative estimate of drug-likeness (QED) is 0.729. The third-order valence-corrected chi connectivity index (χ3v) is 3.80. The van der Waals surface area contributed by atoms with Gasteiger partial charge in [0.15, 0.2) is 0 Å². The molecular formula is C13H12N4O2S. The minimum Gasteiger partial charge on any atom is -0.497 e. The summed E-state index contributed by atoms with van der Waals surface area (Å²) in [5.41, 5.74) is 1.23. The average molecular weight is 288 g/mol. The lowest BCUT2D eigenvalue weighted by molar-refractivity contribution is 0.414. The van der Waals surface area contributed by atoms with E-state index in [1.165, 1.54) is 15.9 Å². The molecular weight excluding hydrogens is 276 g/mol.